The molecule has 0 saturated heterocycles. The van der Waals surface area contributed by atoms with E-state index in [1.54, 1.807) is 12.1 Å². The van der Waals surface area contributed by atoms with Crippen LogP contribution in [0.25, 0.3) is 0 Å². The van der Waals surface area contributed by atoms with Crippen LogP contribution in [-0.4, -0.2) is 34.0 Å². The van der Waals surface area contributed by atoms with E-state index in [1.165, 1.54) is 5.57 Å². The van der Waals surface area contributed by atoms with Gasteiger partial charge in [-0.3, -0.25) is 15.1 Å². The third kappa shape index (κ3) is 4.38. The van der Waals surface area contributed by atoms with Crippen LogP contribution in [-0.2, 0) is 9.63 Å². The fourth-order valence-electron chi connectivity index (χ4n) is 3.88. The van der Waals surface area contributed by atoms with Gasteiger partial charge in [-0.1, -0.05) is 23.7 Å². The number of benzene rings is 1. The van der Waals surface area contributed by atoms with E-state index in [2.05, 4.69) is 5.48 Å². The minimum atomic E-state index is -0.897. The molecule has 0 aromatic heterocycles. The summed E-state index contributed by atoms with van der Waals surface area (Å²) in [6.45, 7) is 0.107. The van der Waals surface area contributed by atoms with Crippen molar-refractivity contribution < 1.29 is 25.0 Å². The van der Waals surface area contributed by atoms with E-state index in [9.17, 15) is 15.0 Å². The Morgan fingerprint density at radius 1 is 1.31 bits per heavy atom. The van der Waals surface area contributed by atoms with E-state index in [1.807, 2.05) is 12.1 Å². The zero-order chi connectivity index (χ0) is 18.7. The Morgan fingerprint density at radius 2 is 2.04 bits per heavy atom. The van der Waals surface area contributed by atoms with Gasteiger partial charge >= 0.3 is 5.97 Å². The summed E-state index contributed by atoms with van der Waals surface area (Å²) in [5, 5.41) is 30.0. The summed E-state index contributed by atoms with van der Waals surface area (Å²) >= 11 is 5.87. The Bertz CT molecular complexity index is 675. The van der Waals surface area contributed by atoms with Crippen LogP contribution in [0.5, 0.6) is 0 Å². The van der Waals surface area contributed by atoms with Gasteiger partial charge in [-0.05, 0) is 60.8 Å². The number of fused-ring (bicyclic) bond motifs is 1. The molecule has 1 fully saturated rings. The largest absolute Gasteiger partial charge is 0.481 e. The molecule has 0 amide bonds. The standard InChI is InChI=1S/C19H24ClNO5/c20-12-3-1-11(2-4-12)17(22)6-5-13-14-9-16(15(14)10-18(13)23)21-26-8-7-19(24)25/h1-4,13-14,17-18,21-23H,5-10H2,(H,24,25). The van der Waals surface area contributed by atoms with E-state index in [0.717, 1.165) is 24.1 Å². The van der Waals surface area contributed by atoms with Crippen molar-refractivity contribution in [2.45, 2.75) is 44.3 Å². The number of carboxylic acid groups (broad SMARTS) is 1. The predicted octanol–water partition coefficient (Wildman–Crippen LogP) is 2.80. The smallest absolute Gasteiger partial charge is 0.305 e. The van der Waals surface area contributed by atoms with Gasteiger partial charge in [-0.15, -0.1) is 0 Å². The van der Waals surface area contributed by atoms with Crippen LogP contribution in [0, 0.1) is 11.8 Å². The van der Waals surface area contributed by atoms with Crippen molar-refractivity contribution in [2.24, 2.45) is 11.8 Å². The number of carboxylic acids is 1. The molecule has 1 aromatic rings. The lowest BCUT2D eigenvalue weighted by Crippen LogP contribution is -2.30. The van der Waals surface area contributed by atoms with Crippen LogP contribution >= 0.6 is 11.6 Å². The molecule has 4 unspecified atom stereocenters. The molecule has 1 saturated carbocycles. The van der Waals surface area contributed by atoms with Crippen LogP contribution in [0.1, 0.15) is 43.8 Å². The zero-order valence-corrected chi connectivity index (χ0v) is 15.2. The maximum absolute atomic E-state index is 10.5. The lowest BCUT2D eigenvalue weighted by molar-refractivity contribution is -0.138. The lowest BCUT2D eigenvalue weighted by atomic mass is 9.77. The summed E-state index contributed by atoms with van der Waals surface area (Å²) in [6.07, 6.45) is 1.71. The maximum atomic E-state index is 10.5. The van der Waals surface area contributed by atoms with Crippen molar-refractivity contribution in [3.8, 4) is 0 Å². The predicted molar refractivity (Wildman–Crippen MR) is 96.2 cm³/mol. The van der Waals surface area contributed by atoms with Gasteiger partial charge < -0.3 is 15.3 Å². The number of aliphatic hydroxyl groups is 2. The normalized spacial score (nSPS) is 25.6. The van der Waals surface area contributed by atoms with Crippen LogP contribution < -0.4 is 5.48 Å². The van der Waals surface area contributed by atoms with Crippen molar-refractivity contribution in [2.75, 3.05) is 6.61 Å². The molecule has 3 rings (SSSR count). The van der Waals surface area contributed by atoms with E-state index in [4.69, 9.17) is 21.5 Å². The second-order valence-electron chi connectivity index (χ2n) is 6.99. The molecule has 0 bridgehead atoms. The molecular formula is C19H24ClNO5. The number of aliphatic carboxylic acids is 1. The number of allylic oxidation sites excluding steroid dienone is 1. The summed E-state index contributed by atoms with van der Waals surface area (Å²) in [5.74, 6) is -0.448. The third-order valence-electron chi connectivity index (χ3n) is 5.34. The van der Waals surface area contributed by atoms with Gasteiger partial charge in [0.15, 0.2) is 0 Å². The monoisotopic (exact) mass is 381 g/mol. The van der Waals surface area contributed by atoms with Crippen molar-refractivity contribution >= 4 is 17.6 Å². The first-order valence-corrected chi connectivity index (χ1v) is 9.26. The van der Waals surface area contributed by atoms with Gasteiger partial charge in [0.2, 0.25) is 0 Å². The molecule has 0 heterocycles. The van der Waals surface area contributed by atoms with Gasteiger partial charge in [0, 0.05) is 10.7 Å². The number of nitrogens with one attached hydrogen (secondary N) is 1. The Balaban J connectivity index is 1.48. The lowest BCUT2D eigenvalue weighted by Gasteiger charge is -2.32. The number of hydrogen-bond acceptors (Lipinski definition) is 5. The van der Waals surface area contributed by atoms with Gasteiger partial charge in [0.05, 0.1) is 25.2 Å². The molecule has 7 heteroatoms. The number of halogens is 1. The molecule has 4 N–H and O–H groups in total. The molecule has 0 spiro atoms. The number of hydrogen-bond donors (Lipinski definition) is 4. The fourth-order valence-corrected chi connectivity index (χ4v) is 4.00. The van der Waals surface area contributed by atoms with Gasteiger partial charge in [-0.25, -0.2) is 0 Å². The highest BCUT2D eigenvalue weighted by atomic mass is 35.5. The average Bonchev–Trinajstić information content (AvgIpc) is 2.84. The van der Waals surface area contributed by atoms with Crippen LogP contribution in [0.3, 0.4) is 0 Å². The second-order valence-corrected chi connectivity index (χ2v) is 7.43. The number of aliphatic hydroxyl groups excluding tert-OH is 2. The zero-order valence-electron chi connectivity index (χ0n) is 14.4. The molecular weight excluding hydrogens is 358 g/mol. The molecule has 2 aliphatic rings. The first kappa shape index (κ1) is 19.2. The summed E-state index contributed by atoms with van der Waals surface area (Å²) in [6, 6.07) is 7.17. The van der Waals surface area contributed by atoms with E-state index in [0.29, 0.717) is 23.8 Å². The highest BCUT2D eigenvalue weighted by Gasteiger charge is 2.45. The van der Waals surface area contributed by atoms with Crippen molar-refractivity contribution in [1.29, 1.82) is 0 Å². The van der Waals surface area contributed by atoms with Crippen LogP contribution in [0.2, 0.25) is 5.02 Å². The van der Waals surface area contributed by atoms with Gasteiger partial charge in [0.25, 0.3) is 0 Å². The molecule has 0 radical (unpaired) electrons. The van der Waals surface area contributed by atoms with Crippen molar-refractivity contribution in [3.05, 3.63) is 46.1 Å². The Labute approximate surface area is 157 Å². The molecule has 26 heavy (non-hydrogen) atoms. The van der Waals surface area contributed by atoms with Crippen LogP contribution in [0.4, 0.5) is 0 Å². The highest BCUT2D eigenvalue weighted by Crippen LogP contribution is 2.51. The number of hydroxylamine groups is 1. The first-order valence-electron chi connectivity index (χ1n) is 8.88. The van der Waals surface area contributed by atoms with Crippen molar-refractivity contribution in [1.82, 2.24) is 5.48 Å². The molecule has 142 valence electrons. The van der Waals surface area contributed by atoms with Gasteiger partial charge in [-0.2, -0.15) is 0 Å². The Hall–Kier alpha value is -1.60. The SMILES string of the molecule is O=C(O)CCONC1=C2CC(O)C(CCC(O)c3ccc(Cl)cc3)C2C1. The minimum Gasteiger partial charge on any atom is -0.481 e. The molecule has 2 aliphatic carbocycles. The van der Waals surface area contributed by atoms with Crippen LogP contribution in [0.15, 0.2) is 35.5 Å². The molecule has 0 aliphatic heterocycles. The fraction of sp³-hybridized carbons (Fsp3) is 0.526. The summed E-state index contributed by atoms with van der Waals surface area (Å²) < 4.78 is 0. The molecule has 1 aromatic carbocycles. The first-order chi connectivity index (χ1) is 12.5. The maximum Gasteiger partial charge on any atom is 0.305 e. The van der Waals surface area contributed by atoms with Gasteiger partial charge in [0.1, 0.15) is 0 Å². The quantitative estimate of drug-likeness (QED) is 0.388. The minimum absolute atomic E-state index is 0.0487. The van der Waals surface area contributed by atoms with E-state index >= 15 is 0 Å². The van der Waals surface area contributed by atoms with E-state index in [-0.39, 0.29) is 18.9 Å². The Morgan fingerprint density at radius 3 is 2.73 bits per heavy atom. The highest BCUT2D eigenvalue weighted by molar-refractivity contribution is 6.30. The Kier molecular flexibility index (Phi) is 6.19. The second kappa shape index (κ2) is 8.39. The third-order valence-corrected chi connectivity index (χ3v) is 5.59. The summed E-state index contributed by atoms with van der Waals surface area (Å²) in [7, 11) is 0. The van der Waals surface area contributed by atoms with E-state index < -0.39 is 18.2 Å². The van der Waals surface area contributed by atoms with Crippen molar-refractivity contribution in [3.63, 3.8) is 0 Å². The number of rotatable bonds is 9. The average molecular weight is 382 g/mol. The topological polar surface area (TPSA) is 99.0 Å². The summed E-state index contributed by atoms with van der Waals surface area (Å²) in [5.41, 5.74) is 5.78. The molecule has 4 atom stereocenters. The summed E-state index contributed by atoms with van der Waals surface area (Å²) in [4.78, 5) is 15.6. The number of carbonyl (C=O) groups is 1. The molecule has 6 nitrogen and oxygen atoms in total.